The molecule has 0 bridgehead atoms. The molecule has 0 aromatic heterocycles. The van der Waals surface area contributed by atoms with E-state index in [2.05, 4.69) is 33.9 Å². The number of ether oxygens (including phenoxy) is 4. The molecule has 0 amide bonds. The third-order valence-corrected chi connectivity index (χ3v) is 8.08. The van der Waals surface area contributed by atoms with Crippen LogP contribution in [0.3, 0.4) is 0 Å². The Morgan fingerprint density at radius 1 is 0.818 bits per heavy atom. The Kier molecular flexibility index (Phi) is 6.71. The third kappa shape index (κ3) is 5.51. The van der Waals surface area contributed by atoms with Gasteiger partial charge in [0.15, 0.2) is 13.6 Å². The Morgan fingerprint density at radius 3 is 1.59 bits per heavy atom. The van der Waals surface area contributed by atoms with E-state index in [-0.39, 0.29) is 18.6 Å². The fraction of sp³-hybridized carbons (Fsp3) is 0.625. The van der Waals surface area contributed by atoms with Gasteiger partial charge >= 0.3 is 0 Å². The van der Waals surface area contributed by atoms with E-state index in [9.17, 15) is 0 Å². The van der Waals surface area contributed by atoms with Crippen molar-refractivity contribution in [2.45, 2.75) is 38.9 Å². The van der Waals surface area contributed by atoms with Gasteiger partial charge in [0.25, 0.3) is 0 Å². The van der Waals surface area contributed by atoms with Crippen LogP contribution in [-0.2, 0) is 9.47 Å². The van der Waals surface area contributed by atoms with Crippen molar-refractivity contribution in [2.24, 2.45) is 0 Å². The molecular weight excluding hydrogens is 300 g/mol. The Morgan fingerprint density at radius 2 is 1.23 bits per heavy atom. The maximum absolute atomic E-state index is 6.30. The summed E-state index contributed by atoms with van der Waals surface area (Å²) in [7, 11) is 1.24. The summed E-state index contributed by atoms with van der Waals surface area (Å²) in [5.74, 6) is 2.03. The van der Waals surface area contributed by atoms with Gasteiger partial charge in [0, 0.05) is 32.4 Å². The minimum absolute atomic E-state index is 0.115. The summed E-state index contributed by atoms with van der Waals surface area (Å²) in [6.45, 7) is 11.4. The molecule has 126 valence electrons. The summed E-state index contributed by atoms with van der Waals surface area (Å²) in [6, 6.07) is 5.51. The van der Waals surface area contributed by atoms with Crippen molar-refractivity contribution in [2.75, 3.05) is 27.8 Å². The zero-order chi connectivity index (χ0) is 16.8. The fourth-order valence-corrected chi connectivity index (χ4v) is 2.49. The predicted octanol–water partition coefficient (Wildman–Crippen LogP) is 4.04. The van der Waals surface area contributed by atoms with Crippen molar-refractivity contribution < 1.29 is 23.4 Å². The molecular formula is C16H28O5Si. The quantitative estimate of drug-likeness (QED) is 0.532. The molecule has 0 heterocycles. The first kappa shape index (κ1) is 18.8. The maximum Gasteiger partial charge on any atom is 0.250 e. The van der Waals surface area contributed by atoms with Crippen LogP contribution in [0.15, 0.2) is 18.2 Å². The summed E-state index contributed by atoms with van der Waals surface area (Å²) < 4.78 is 27.2. The summed E-state index contributed by atoms with van der Waals surface area (Å²) >= 11 is 0. The van der Waals surface area contributed by atoms with Crippen LogP contribution in [0.1, 0.15) is 20.8 Å². The molecule has 0 atom stereocenters. The van der Waals surface area contributed by atoms with Gasteiger partial charge in [0.05, 0.1) is 0 Å². The number of rotatable bonds is 8. The van der Waals surface area contributed by atoms with Gasteiger partial charge in [-0.3, -0.25) is 0 Å². The lowest BCUT2D eigenvalue weighted by Gasteiger charge is -2.36. The molecule has 0 aliphatic rings. The van der Waals surface area contributed by atoms with Gasteiger partial charge in [-0.15, -0.1) is 0 Å². The van der Waals surface area contributed by atoms with Crippen molar-refractivity contribution >= 4 is 8.32 Å². The van der Waals surface area contributed by atoms with Gasteiger partial charge < -0.3 is 23.4 Å². The topological polar surface area (TPSA) is 46.2 Å². The first-order valence-corrected chi connectivity index (χ1v) is 10.2. The lowest BCUT2D eigenvalue weighted by molar-refractivity contribution is 0.0459. The SMILES string of the molecule is COCOc1cc(OCOC)cc(O[Si](C)(C)C(C)(C)C)c1. The average Bonchev–Trinajstić information content (AvgIpc) is 2.41. The molecule has 0 unspecified atom stereocenters. The molecule has 1 rings (SSSR count). The fourth-order valence-electron chi connectivity index (χ4n) is 1.47. The lowest BCUT2D eigenvalue weighted by atomic mass is 10.2. The highest BCUT2D eigenvalue weighted by Gasteiger charge is 2.39. The van der Waals surface area contributed by atoms with Crippen molar-refractivity contribution in [1.29, 1.82) is 0 Å². The summed E-state index contributed by atoms with van der Waals surface area (Å²) in [5.41, 5.74) is 0. The van der Waals surface area contributed by atoms with Crippen molar-refractivity contribution in [3.05, 3.63) is 18.2 Å². The molecule has 0 spiro atoms. The van der Waals surface area contributed by atoms with E-state index in [0.717, 1.165) is 5.75 Å². The maximum atomic E-state index is 6.30. The predicted molar refractivity (Wildman–Crippen MR) is 89.3 cm³/mol. The van der Waals surface area contributed by atoms with Gasteiger partial charge in [-0.25, -0.2) is 0 Å². The zero-order valence-electron chi connectivity index (χ0n) is 14.7. The van der Waals surface area contributed by atoms with Gasteiger partial charge in [0.1, 0.15) is 17.2 Å². The van der Waals surface area contributed by atoms with Crippen LogP contribution >= 0.6 is 0 Å². The Balaban J connectivity index is 3.01. The molecule has 1 aromatic rings. The van der Waals surface area contributed by atoms with E-state index in [4.69, 9.17) is 23.4 Å². The third-order valence-electron chi connectivity index (χ3n) is 3.72. The number of benzene rings is 1. The molecule has 0 saturated carbocycles. The van der Waals surface area contributed by atoms with Crippen LogP contribution in [-0.4, -0.2) is 36.1 Å². The minimum atomic E-state index is -1.93. The molecule has 1 aromatic carbocycles. The van der Waals surface area contributed by atoms with E-state index in [1.165, 1.54) is 0 Å². The van der Waals surface area contributed by atoms with Crippen molar-refractivity contribution in [1.82, 2.24) is 0 Å². The largest absolute Gasteiger partial charge is 0.543 e. The van der Waals surface area contributed by atoms with E-state index in [1.807, 2.05) is 12.1 Å². The summed E-state index contributed by atoms with van der Waals surface area (Å²) in [6.07, 6.45) is 0. The summed E-state index contributed by atoms with van der Waals surface area (Å²) in [4.78, 5) is 0. The molecule has 0 saturated heterocycles. The highest BCUT2D eigenvalue weighted by Crippen LogP contribution is 2.39. The zero-order valence-corrected chi connectivity index (χ0v) is 15.7. The van der Waals surface area contributed by atoms with Crippen LogP contribution in [0.5, 0.6) is 17.2 Å². The molecule has 22 heavy (non-hydrogen) atoms. The van der Waals surface area contributed by atoms with Crippen LogP contribution in [0.2, 0.25) is 18.1 Å². The van der Waals surface area contributed by atoms with E-state index in [1.54, 1.807) is 20.3 Å². The molecule has 0 aliphatic carbocycles. The Bertz CT molecular complexity index is 442. The standard InChI is InChI=1S/C16H28O5Si/c1-16(2,3)22(6,7)21-15-9-13(19-11-17-4)8-14(10-15)20-12-18-5/h8-10H,11-12H2,1-7H3. The average molecular weight is 328 g/mol. The first-order valence-electron chi connectivity index (χ1n) is 7.27. The number of methoxy groups -OCH3 is 2. The van der Waals surface area contributed by atoms with Crippen LogP contribution < -0.4 is 13.9 Å². The summed E-state index contributed by atoms with van der Waals surface area (Å²) in [5, 5.41) is 0.115. The van der Waals surface area contributed by atoms with Crippen LogP contribution in [0.25, 0.3) is 0 Å². The molecule has 0 N–H and O–H groups in total. The second-order valence-corrected chi connectivity index (χ2v) is 11.3. The first-order chi connectivity index (χ1) is 10.2. The molecule has 0 radical (unpaired) electrons. The minimum Gasteiger partial charge on any atom is -0.543 e. The molecule has 6 heteroatoms. The van der Waals surface area contributed by atoms with Crippen LogP contribution in [0.4, 0.5) is 0 Å². The van der Waals surface area contributed by atoms with E-state index >= 15 is 0 Å². The Labute approximate surface area is 134 Å². The van der Waals surface area contributed by atoms with Gasteiger partial charge in [-0.2, -0.15) is 0 Å². The van der Waals surface area contributed by atoms with Gasteiger partial charge in [-0.1, -0.05) is 20.8 Å². The molecule has 0 fully saturated rings. The number of hydrogen-bond acceptors (Lipinski definition) is 5. The highest BCUT2D eigenvalue weighted by molar-refractivity contribution is 6.74. The van der Waals surface area contributed by atoms with Gasteiger partial charge in [-0.05, 0) is 18.1 Å². The van der Waals surface area contributed by atoms with Gasteiger partial charge in [0.2, 0.25) is 8.32 Å². The molecule has 5 nitrogen and oxygen atoms in total. The highest BCUT2D eigenvalue weighted by atomic mass is 28.4. The van der Waals surface area contributed by atoms with E-state index in [0.29, 0.717) is 11.5 Å². The Hall–Kier alpha value is -1.24. The normalized spacial score (nSPS) is 12.1. The van der Waals surface area contributed by atoms with Crippen molar-refractivity contribution in [3.63, 3.8) is 0 Å². The smallest absolute Gasteiger partial charge is 0.250 e. The second-order valence-electron chi connectivity index (χ2n) is 6.60. The lowest BCUT2D eigenvalue weighted by Crippen LogP contribution is -2.43. The van der Waals surface area contributed by atoms with E-state index < -0.39 is 8.32 Å². The monoisotopic (exact) mass is 328 g/mol. The molecule has 0 aliphatic heterocycles. The van der Waals surface area contributed by atoms with Crippen LogP contribution in [0, 0.1) is 0 Å². The second kappa shape index (κ2) is 7.85. The number of hydrogen-bond donors (Lipinski definition) is 0. The van der Waals surface area contributed by atoms with Crippen molar-refractivity contribution in [3.8, 4) is 17.2 Å².